The Morgan fingerprint density at radius 3 is 2.83 bits per heavy atom. The van der Waals surface area contributed by atoms with Gasteiger partial charge >= 0.3 is 0 Å². The zero-order chi connectivity index (χ0) is 21.0. The number of nitrogens with zero attached hydrogens (tertiary/aromatic N) is 2. The van der Waals surface area contributed by atoms with Crippen LogP contribution in [0.1, 0.15) is 18.6 Å². The van der Waals surface area contributed by atoms with Gasteiger partial charge in [-0.1, -0.05) is 23.2 Å². The normalized spacial score (nSPS) is 16.4. The van der Waals surface area contributed by atoms with Crippen LogP contribution in [0.3, 0.4) is 0 Å². The zero-order valence-electron chi connectivity index (χ0n) is 15.0. The highest BCUT2D eigenvalue weighted by Crippen LogP contribution is 2.37. The lowest BCUT2D eigenvalue weighted by Gasteiger charge is -2.09. The van der Waals surface area contributed by atoms with Gasteiger partial charge in [-0.05, 0) is 31.0 Å². The highest BCUT2D eigenvalue weighted by atomic mass is 35.5. The molecule has 0 spiro atoms. The van der Waals surface area contributed by atoms with Gasteiger partial charge in [0.2, 0.25) is 0 Å². The number of halogens is 2. The molecule has 1 fully saturated rings. The molecule has 0 radical (unpaired) electrons. The highest BCUT2D eigenvalue weighted by molar-refractivity contribution is 6.37. The molecule has 1 aliphatic rings. The van der Waals surface area contributed by atoms with Crippen LogP contribution in [0.4, 0.5) is 5.69 Å². The van der Waals surface area contributed by atoms with E-state index < -0.39 is 10.8 Å². The third kappa shape index (κ3) is 4.95. The summed E-state index contributed by atoms with van der Waals surface area (Å²) in [6.07, 6.45) is 3.05. The van der Waals surface area contributed by atoms with Gasteiger partial charge in [0, 0.05) is 30.9 Å². The number of nitrogens with one attached hydrogen (secondary N) is 1. The molecule has 0 aliphatic carbocycles. The van der Waals surface area contributed by atoms with Gasteiger partial charge in [-0.2, -0.15) is 5.26 Å². The van der Waals surface area contributed by atoms with Crippen molar-refractivity contribution in [2.75, 3.05) is 13.2 Å². The van der Waals surface area contributed by atoms with Gasteiger partial charge in [-0.15, -0.1) is 0 Å². The van der Waals surface area contributed by atoms with Gasteiger partial charge in [0.25, 0.3) is 11.6 Å². The predicted molar refractivity (Wildman–Crippen MR) is 106 cm³/mol. The second-order valence-corrected chi connectivity index (χ2v) is 7.07. The molecule has 1 atom stereocenters. The second kappa shape index (κ2) is 9.09. The zero-order valence-corrected chi connectivity index (χ0v) is 16.5. The van der Waals surface area contributed by atoms with Gasteiger partial charge in [0.15, 0.2) is 0 Å². The number of benzene rings is 1. The minimum Gasteiger partial charge on any atom is -0.457 e. The number of furan rings is 1. The minimum atomic E-state index is -0.627. The number of carbonyl (C=O) groups excluding carboxylic acids is 1. The molecule has 1 saturated heterocycles. The van der Waals surface area contributed by atoms with Crippen molar-refractivity contribution >= 4 is 40.9 Å². The van der Waals surface area contributed by atoms with Crippen molar-refractivity contribution in [3.8, 4) is 17.4 Å². The van der Waals surface area contributed by atoms with E-state index in [1.54, 1.807) is 0 Å². The Labute approximate surface area is 175 Å². The highest BCUT2D eigenvalue weighted by Gasteiger charge is 2.20. The monoisotopic (exact) mass is 435 g/mol. The summed E-state index contributed by atoms with van der Waals surface area (Å²) in [7, 11) is 0. The van der Waals surface area contributed by atoms with E-state index >= 15 is 0 Å². The molecule has 1 amide bonds. The molecule has 0 bridgehead atoms. The fraction of sp³-hybridized carbons (Fsp3) is 0.263. The molecule has 2 aromatic rings. The Morgan fingerprint density at radius 1 is 1.38 bits per heavy atom. The molecule has 1 aromatic carbocycles. The molecular weight excluding hydrogens is 421 g/mol. The third-order valence-electron chi connectivity index (χ3n) is 4.29. The number of nitro benzene ring substituents is 1. The van der Waals surface area contributed by atoms with Crippen molar-refractivity contribution in [2.24, 2.45) is 0 Å². The summed E-state index contributed by atoms with van der Waals surface area (Å²) >= 11 is 12.0. The molecule has 10 heteroatoms. The lowest BCUT2D eigenvalue weighted by Crippen LogP contribution is -2.32. The molecule has 8 nitrogen and oxygen atoms in total. The maximum Gasteiger partial charge on any atom is 0.288 e. The van der Waals surface area contributed by atoms with Gasteiger partial charge in [0.05, 0.1) is 16.0 Å². The maximum atomic E-state index is 12.2. The van der Waals surface area contributed by atoms with Gasteiger partial charge in [-0.25, -0.2) is 0 Å². The number of nitriles is 1. The number of ether oxygens (including phenoxy) is 1. The van der Waals surface area contributed by atoms with Crippen molar-refractivity contribution in [1.82, 2.24) is 5.32 Å². The first kappa shape index (κ1) is 20.9. The van der Waals surface area contributed by atoms with E-state index in [4.69, 9.17) is 32.4 Å². The fourth-order valence-corrected chi connectivity index (χ4v) is 3.38. The van der Waals surface area contributed by atoms with E-state index in [9.17, 15) is 20.2 Å². The van der Waals surface area contributed by atoms with Crippen LogP contribution in [0.2, 0.25) is 10.0 Å². The van der Waals surface area contributed by atoms with Crippen LogP contribution in [-0.2, 0) is 9.53 Å². The van der Waals surface area contributed by atoms with Crippen molar-refractivity contribution in [3.05, 3.63) is 55.8 Å². The van der Waals surface area contributed by atoms with Gasteiger partial charge in [0.1, 0.15) is 28.2 Å². The maximum absolute atomic E-state index is 12.2. The number of hydrogen-bond donors (Lipinski definition) is 1. The molecule has 3 rings (SSSR count). The first-order valence-electron chi connectivity index (χ1n) is 8.64. The quantitative estimate of drug-likeness (QED) is 0.311. The molecule has 1 aromatic heterocycles. The lowest BCUT2D eigenvalue weighted by atomic mass is 10.1. The SMILES string of the molecule is N#CC(=Cc1ccc(-c2cc([N+](=O)[O-])c(Cl)cc2Cl)o1)C(=O)NCC1CCCO1. The standard InChI is InChI=1S/C19H15Cl2N3O5/c20-15-8-16(21)17(24(26)27)7-14(15)18-4-3-12(29-18)6-11(9-22)19(25)23-10-13-2-1-5-28-13/h3-4,6-8,13H,1-2,5,10H2,(H,23,25). The molecule has 1 unspecified atom stereocenters. The summed E-state index contributed by atoms with van der Waals surface area (Å²) in [5.41, 5.74) is -0.188. The first-order valence-corrected chi connectivity index (χ1v) is 9.40. The number of nitro groups is 1. The van der Waals surface area contributed by atoms with Crippen molar-refractivity contribution in [1.29, 1.82) is 5.26 Å². The molecule has 1 aliphatic heterocycles. The van der Waals surface area contributed by atoms with Crippen LogP contribution in [0.15, 0.2) is 34.3 Å². The molecular formula is C19H15Cl2N3O5. The van der Waals surface area contributed by atoms with E-state index in [-0.39, 0.29) is 44.5 Å². The topological polar surface area (TPSA) is 118 Å². The summed E-state index contributed by atoms with van der Waals surface area (Å²) in [4.78, 5) is 22.7. The van der Waals surface area contributed by atoms with Crippen molar-refractivity contribution in [2.45, 2.75) is 18.9 Å². The first-order chi connectivity index (χ1) is 13.9. The Kier molecular flexibility index (Phi) is 6.54. The van der Waals surface area contributed by atoms with Crippen LogP contribution in [0.5, 0.6) is 0 Å². The second-order valence-electron chi connectivity index (χ2n) is 6.26. The van der Waals surface area contributed by atoms with E-state index in [2.05, 4.69) is 5.32 Å². The van der Waals surface area contributed by atoms with Crippen LogP contribution >= 0.6 is 23.2 Å². The van der Waals surface area contributed by atoms with Crippen molar-refractivity contribution in [3.63, 3.8) is 0 Å². The summed E-state index contributed by atoms with van der Waals surface area (Å²) in [5, 5.41) is 23.1. The van der Waals surface area contributed by atoms with E-state index in [1.165, 1.54) is 30.3 Å². The predicted octanol–water partition coefficient (Wildman–Crippen LogP) is 4.36. The van der Waals surface area contributed by atoms with Crippen molar-refractivity contribution < 1.29 is 18.9 Å². The number of amides is 1. The third-order valence-corrected chi connectivity index (χ3v) is 4.91. The van der Waals surface area contributed by atoms with E-state index in [0.717, 1.165) is 12.8 Å². The summed E-state index contributed by atoms with van der Waals surface area (Å²) in [6, 6.07) is 7.35. The molecule has 29 heavy (non-hydrogen) atoms. The van der Waals surface area contributed by atoms with Crippen LogP contribution in [0.25, 0.3) is 17.4 Å². The van der Waals surface area contributed by atoms with E-state index in [0.29, 0.717) is 13.2 Å². The Hall–Kier alpha value is -2.86. The van der Waals surface area contributed by atoms with Crippen LogP contribution in [0, 0.1) is 21.4 Å². The van der Waals surface area contributed by atoms with Crippen LogP contribution < -0.4 is 5.32 Å². The summed E-state index contributed by atoms with van der Waals surface area (Å²) in [5.74, 6) is -0.0864. The Morgan fingerprint density at radius 2 is 2.17 bits per heavy atom. The number of hydrogen-bond acceptors (Lipinski definition) is 6. The van der Waals surface area contributed by atoms with Gasteiger partial charge < -0.3 is 14.5 Å². The smallest absolute Gasteiger partial charge is 0.288 e. The Balaban J connectivity index is 1.79. The number of rotatable bonds is 6. The van der Waals surface area contributed by atoms with Gasteiger partial charge in [-0.3, -0.25) is 14.9 Å². The summed E-state index contributed by atoms with van der Waals surface area (Å²) in [6.45, 7) is 0.993. The Bertz CT molecular complexity index is 1020. The average Bonchev–Trinajstić information content (AvgIpc) is 3.36. The largest absolute Gasteiger partial charge is 0.457 e. The summed E-state index contributed by atoms with van der Waals surface area (Å²) < 4.78 is 11.0. The fourth-order valence-electron chi connectivity index (χ4n) is 2.84. The molecule has 2 heterocycles. The molecule has 0 saturated carbocycles. The average molecular weight is 436 g/mol. The minimum absolute atomic E-state index is 0.0445. The van der Waals surface area contributed by atoms with Crippen LogP contribution in [-0.4, -0.2) is 30.1 Å². The lowest BCUT2D eigenvalue weighted by molar-refractivity contribution is -0.384. The van der Waals surface area contributed by atoms with E-state index in [1.807, 2.05) is 6.07 Å². The molecule has 1 N–H and O–H groups in total. The number of carbonyl (C=O) groups is 1. The molecule has 150 valence electrons.